The van der Waals surface area contributed by atoms with E-state index in [-0.39, 0.29) is 6.61 Å². The Morgan fingerprint density at radius 2 is 1.41 bits per heavy atom. The molecule has 0 aliphatic carbocycles. The van der Waals surface area contributed by atoms with Crippen LogP contribution >= 0.6 is 0 Å². The third-order valence-corrected chi connectivity index (χ3v) is 5.90. The van der Waals surface area contributed by atoms with Gasteiger partial charge in [0, 0.05) is 32.7 Å². The summed E-state index contributed by atoms with van der Waals surface area (Å²) in [5, 5.41) is 13.7. The van der Waals surface area contributed by atoms with E-state index in [0.717, 1.165) is 5.56 Å². The summed E-state index contributed by atoms with van der Waals surface area (Å²) in [7, 11) is 0. The molecule has 4 rings (SSSR count). The van der Waals surface area contributed by atoms with Crippen LogP contribution in [0.3, 0.4) is 0 Å². The molecule has 0 spiro atoms. The summed E-state index contributed by atoms with van der Waals surface area (Å²) in [5.74, 6) is -0.104. The Morgan fingerprint density at radius 3 is 1.94 bits per heavy atom. The van der Waals surface area contributed by atoms with E-state index in [1.54, 1.807) is 29.2 Å². The third kappa shape index (κ3) is 4.10. The number of aryl methyl sites for hydroxylation is 1. The number of carbonyl (C=O) groups excluding carboxylic acids is 3. The number of piperazine rings is 1. The average molecular weight is 438 g/mol. The van der Waals surface area contributed by atoms with E-state index in [9.17, 15) is 19.5 Å². The summed E-state index contributed by atoms with van der Waals surface area (Å²) in [6.07, 6.45) is 0. The SMILES string of the molecule is Cc1ccc(Oc2ccc(C3(N4CCN(CCO)CC4)C(=O)NC(=O)NC3=O)cc2)cc1. The van der Waals surface area contributed by atoms with Gasteiger partial charge in [0.2, 0.25) is 5.54 Å². The number of hydrogen-bond donors (Lipinski definition) is 3. The van der Waals surface area contributed by atoms with Gasteiger partial charge in [0.05, 0.1) is 6.61 Å². The number of nitrogens with one attached hydrogen (secondary N) is 2. The van der Waals surface area contributed by atoms with Gasteiger partial charge in [0.1, 0.15) is 11.5 Å². The minimum absolute atomic E-state index is 0.0447. The molecule has 4 amide bonds. The van der Waals surface area contributed by atoms with E-state index in [4.69, 9.17) is 4.74 Å². The van der Waals surface area contributed by atoms with Crippen LogP contribution in [0.1, 0.15) is 11.1 Å². The highest BCUT2D eigenvalue weighted by atomic mass is 16.5. The first-order valence-electron chi connectivity index (χ1n) is 10.5. The van der Waals surface area contributed by atoms with Crippen LogP contribution in [-0.4, -0.2) is 72.1 Å². The van der Waals surface area contributed by atoms with Crippen LogP contribution in [0.2, 0.25) is 0 Å². The van der Waals surface area contributed by atoms with Gasteiger partial charge in [0.25, 0.3) is 11.8 Å². The normalized spacial score (nSPS) is 19.4. The van der Waals surface area contributed by atoms with Crippen molar-refractivity contribution in [2.45, 2.75) is 12.5 Å². The molecule has 2 aliphatic rings. The number of hydrogen-bond acceptors (Lipinski definition) is 7. The minimum atomic E-state index is -1.67. The highest BCUT2D eigenvalue weighted by molar-refractivity contribution is 6.22. The number of barbiturate groups is 1. The van der Waals surface area contributed by atoms with Gasteiger partial charge in [0.15, 0.2) is 0 Å². The number of rotatable bonds is 6. The molecular weight excluding hydrogens is 412 g/mol. The number of carbonyl (C=O) groups is 3. The van der Waals surface area contributed by atoms with Crippen molar-refractivity contribution in [2.24, 2.45) is 0 Å². The van der Waals surface area contributed by atoms with Gasteiger partial charge in [-0.05, 0) is 36.8 Å². The van der Waals surface area contributed by atoms with Gasteiger partial charge in [-0.1, -0.05) is 29.8 Å². The highest BCUT2D eigenvalue weighted by Crippen LogP contribution is 2.34. The number of nitrogens with zero attached hydrogens (tertiary/aromatic N) is 2. The number of ether oxygens (including phenoxy) is 1. The maximum Gasteiger partial charge on any atom is 0.328 e. The lowest BCUT2D eigenvalue weighted by Gasteiger charge is -2.46. The molecule has 32 heavy (non-hydrogen) atoms. The lowest BCUT2D eigenvalue weighted by molar-refractivity contribution is -0.150. The van der Waals surface area contributed by atoms with Crippen LogP contribution < -0.4 is 15.4 Å². The van der Waals surface area contributed by atoms with Crippen LogP contribution in [0.5, 0.6) is 11.5 Å². The number of benzene rings is 2. The van der Waals surface area contributed by atoms with Crippen LogP contribution in [0.4, 0.5) is 4.79 Å². The average Bonchev–Trinajstić information content (AvgIpc) is 2.77. The molecule has 9 heteroatoms. The summed E-state index contributed by atoms with van der Waals surface area (Å²) in [5.41, 5.74) is -0.0915. The van der Waals surface area contributed by atoms with Crippen LogP contribution in [0, 0.1) is 6.92 Å². The number of aliphatic hydroxyl groups is 1. The van der Waals surface area contributed by atoms with E-state index < -0.39 is 23.4 Å². The molecule has 2 heterocycles. The fraction of sp³-hybridized carbons (Fsp3) is 0.348. The predicted molar refractivity (Wildman–Crippen MR) is 116 cm³/mol. The van der Waals surface area contributed by atoms with Gasteiger partial charge in [-0.15, -0.1) is 0 Å². The molecule has 2 fully saturated rings. The Hall–Kier alpha value is -3.27. The van der Waals surface area contributed by atoms with Crippen LogP contribution in [-0.2, 0) is 15.1 Å². The lowest BCUT2D eigenvalue weighted by Crippen LogP contribution is -2.72. The topological polar surface area (TPSA) is 111 Å². The van der Waals surface area contributed by atoms with Gasteiger partial charge in [-0.25, -0.2) is 4.79 Å². The molecule has 0 aromatic heterocycles. The second kappa shape index (κ2) is 9.07. The lowest BCUT2D eigenvalue weighted by atomic mass is 9.84. The standard InChI is InChI=1S/C23H26N4O5/c1-16-2-6-18(7-3-16)32-19-8-4-17(5-9-19)23(20(29)24-22(31)25-21(23)30)27-12-10-26(11-13-27)14-15-28/h2-9,28H,10-15H2,1H3,(H2,24,25,29,30,31). The predicted octanol–water partition coefficient (Wildman–Crippen LogP) is 0.959. The largest absolute Gasteiger partial charge is 0.457 e. The second-order valence-corrected chi connectivity index (χ2v) is 7.94. The molecule has 9 nitrogen and oxygen atoms in total. The smallest absolute Gasteiger partial charge is 0.328 e. The molecule has 3 N–H and O–H groups in total. The van der Waals surface area contributed by atoms with Gasteiger partial charge < -0.3 is 9.84 Å². The van der Waals surface area contributed by atoms with E-state index in [2.05, 4.69) is 15.5 Å². The first-order valence-corrected chi connectivity index (χ1v) is 10.5. The van der Waals surface area contributed by atoms with Crippen molar-refractivity contribution in [3.05, 3.63) is 59.7 Å². The zero-order valence-corrected chi connectivity index (χ0v) is 17.8. The molecule has 168 valence electrons. The van der Waals surface area contributed by atoms with Crippen molar-refractivity contribution in [1.29, 1.82) is 0 Å². The van der Waals surface area contributed by atoms with Crippen molar-refractivity contribution in [3.63, 3.8) is 0 Å². The minimum Gasteiger partial charge on any atom is -0.457 e. The number of amides is 4. The Balaban J connectivity index is 1.63. The first kappa shape index (κ1) is 21.9. The van der Waals surface area contributed by atoms with Crippen molar-refractivity contribution < 1.29 is 24.2 Å². The summed E-state index contributed by atoms with van der Waals surface area (Å²) in [6.45, 7) is 4.60. The fourth-order valence-corrected chi connectivity index (χ4v) is 4.21. The number of β-amino-alcohol motifs (C(OH)–C–C–N with tert-alkyl or cyclic N) is 1. The Kier molecular flexibility index (Phi) is 6.22. The van der Waals surface area contributed by atoms with Crippen LogP contribution in [0.25, 0.3) is 0 Å². The van der Waals surface area contributed by atoms with Crippen molar-refractivity contribution in [2.75, 3.05) is 39.3 Å². The Labute approximate surface area is 186 Å². The van der Waals surface area contributed by atoms with E-state index in [0.29, 0.717) is 49.8 Å². The molecule has 2 aromatic rings. The summed E-state index contributed by atoms with van der Waals surface area (Å²) < 4.78 is 5.87. The molecule has 0 atom stereocenters. The molecular formula is C23H26N4O5. The third-order valence-electron chi connectivity index (χ3n) is 5.90. The van der Waals surface area contributed by atoms with E-state index >= 15 is 0 Å². The number of imide groups is 2. The summed E-state index contributed by atoms with van der Waals surface area (Å²) in [6, 6.07) is 13.6. The van der Waals surface area contributed by atoms with Gasteiger partial charge in [-0.2, -0.15) is 0 Å². The quantitative estimate of drug-likeness (QED) is 0.576. The zero-order valence-electron chi connectivity index (χ0n) is 17.8. The molecule has 0 radical (unpaired) electrons. The van der Waals surface area contributed by atoms with Crippen LogP contribution in [0.15, 0.2) is 48.5 Å². The van der Waals surface area contributed by atoms with Crippen molar-refractivity contribution in [3.8, 4) is 11.5 Å². The van der Waals surface area contributed by atoms with E-state index in [1.165, 1.54) is 0 Å². The molecule has 0 unspecified atom stereocenters. The van der Waals surface area contributed by atoms with Crippen molar-refractivity contribution in [1.82, 2.24) is 20.4 Å². The Bertz CT molecular complexity index is 978. The number of aliphatic hydroxyl groups excluding tert-OH is 1. The summed E-state index contributed by atoms with van der Waals surface area (Å²) >= 11 is 0. The zero-order chi connectivity index (χ0) is 22.7. The monoisotopic (exact) mass is 438 g/mol. The Morgan fingerprint density at radius 1 is 0.875 bits per heavy atom. The molecule has 2 saturated heterocycles. The maximum absolute atomic E-state index is 13.1. The van der Waals surface area contributed by atoms with Gasteiger partial charge >= 0.3 is 6.03 Å². The molecule has 0 saturated carbocycles. The first-order chi connectivity index (χ1) is 15.4. The van der Waals surface area contributed by atoms with Gasteiger partial charge in [-0.3, -0.25) is 30.0 Å². The molecule has 2 aliphatic heterocycles. The van der Waals surface area contributed by atoms with Crippen molar-refractivity contribution >= 4 is 17.8 Å². The van der Waals surface area contributed by atoms with E-state index in [1.807, 2.05) is 31.2 Å². The summed E-state index contributed by atoms with van der Waals surface area (Å²) in [4.78, 5) is 41.9. The number of urea groups is 1. The fourth-order valence-electron chi connectivity index (χ4n) is 4.21. The molecule has 0 bridgehead atoms. The highest BCUT2D eigenvalue weighted by Gasteiger charge is 2.56. The molecule has 2 aromatic carbocycles. The maximum atomic E-state index is 13.1. The second-order valence-electron chi connectivity index (χ2n) is 7.94.